The van der Waals surface area contributed by atoms with E-state index in [0.717, 1.165) is 23.3 Å². The lowest BCUT2D eigenvalue weighted by molar-refractivity contribution is -0.147. The van der Waals surface area contributed by atoms with Crippen molar-refractivity contribution in [2.75, 3.05) is 12.3 Å². The number of nitrogens with two attached hydrogens (primary N) is 1. The van der Waals surface area contributed by atoms with Crippen molar-refractivity contribution in [3.63, 3.8) is 0 Å². The fraction of sp³-hybridized carbons (Fsp3) is 0.400. The lowest BCUT2D eigenvalue weighted by Crippen LogP contribution is -2.44. The van der Waals surface area contributed by atoms with E-state index < -0.39 is 53.6 Å². The zero-order valence-corrected chi connectivity index (χ0v) is 31.8. The summed E-state index contributed by atoms with van der Waals surface area (Å²) in [6.45, 7) is 10.8. The lowest BCUT2D eigenvalue weighted by Gasteiger charge is -2.23. The summed E-state index contributed by atoms with van der Waals surface area (Å²) in [5.74, 6) is -3.64. The quantitative estimate of drug-likeness (QED) is 0.0825. The standard InChI is InChI=1S/C40H46F2N6O7/c1-39(2,3)54-37(51)44-16-10-9-13-32(46-38(52)55-40(4,5)6)35(50)53-22-26-18-29(41)30(42)19-27(26)23-14-15-31-28(17-23)33(47-36(43)45-31)34(49)48-20-24-11-7-8-12-25(24)21-48/h7-8,11-12,14-15,17-19,32H,9-10,13,16,20-22H2,1-6H3,(H,44,51)(H,46,52)(H2,43,45,47). The number of benzene rings is 3. The van der Waals surface area contributed by atoms with Crippen molar-refractivity contribution >= 4 is 40.9 Å². The largest absolute Gasteiger partial charge is 0.459 e. The van der Waals surface area contributed by atoms with Gasteiger partial charge in [0.05, 0.1) is 5.52 Å². The molecule has 4 aromatic rings. The Labute approximate surface area is 317 Å². The van der Waals surface area contributed by atoms with Crippen molar-refractivity contribution in [3.8, 4) is 11.1 Å². The number of nitrogens with one attached hydrogen (secondary N) is 2. The second-order valence-electron chi connectivity index (χ2n) is 15.2. The van der Waals surface area contributed by atoms with Crippen molar-refractivity contribution in [1.82, 2.24) is 25.5 Å². The van der Waals surface area contributed by atoms with Gasteiger partial charge >= 0.3 is 18.2 Å². The minimum Gasteiger partial charge on any atom is -0.459 e. The van der Waals surface area contributed by atoms with Gasteiger partial charge in [-0.3, -0.25) is 4.79 Å². The minimum absolute atomic E-state index is 0.0464. The van der Waals surface area contributed by atoms with Crippen LogP contribution in [0.2, 0.25) is 0 Å². The van der Waals surface area contributed by atoms with E-state index in [1.165, 1.54) is 0 Å². The average Bonchev–Trinajstić information content (AvgIpc) is 3.53. The van der Waals surface area contributed by atoms with E-state index in [-0.39, 0.29) is 41.6 Å². The second-order valence-corrected chi connectivity index (χ2v) is 15.2. The summed E-state index contributed by atoms with van der Waals surface area (Å²) in [6.07, 6.45) is -0.488. The van der Waals surface area contributed by atoms with Crippen LogP contribution >= 0.6 is 0 Å². The number of anilines is 1. The van der Waals surface area contributed by atoms with E-state index in [9.17, 15) is 28.0 Å². The fourth-order valence-corrected chi connectivity index (χ4v) is 6.01. The van der Waals surface area contributed by atoms with E-state index in [4.69, 9.17) is 19.9 Å². The number of carbonyl (C=O) groups is 4. The van der Waals surface area contributed by atoms with Gasteiger partial charge < -0.3 is 35.5 Å². The number of hydrogen-bond donors (Lipinski definition) is 3. The topological polar surface area (TPSA) is 175 Å². The first-order valence-electron chi connectivity index (χ1n) is 17.9. The van der Waals surface area contributed by atoms with Crippen molar-refractivity contribution < 1.29 is 42.2 Å². The summed E-state index contributed by atoms with van der Waals surface area (Å²) in [5.41, 5.74) is 7.59. The number of carbonyl (C=O) groups excluding carboxylic acids is 4. The van der Waals surface area contributed by atoms with Gasteiger partial charge in [-0.25, -0.2) is 33.1 Å². The maximum atomic E-state index is 14.8. The van der Waals surface area contributed by atoms with E-state index >= 15 is 0 Å². The normalized spacial score (nSPS) is 13.2. The molecule has 3 aromatic carbocycles. The number of amides is 3. The molecule has 292 valence electrons. The van der Waals surface area contributed by atoms with Crippen LogP contribution in [0.1, 0.15) is 88.0 Å². The molecule has 0 fully saturated rings. The average molecular weight is 761 g/mol. The summed E-state index contributed by atoms with van der Waals surface area (Å²) in [4.78, 5) is 62.2. The number of rotatable bonds is 11. The molecule has 1 aromatic heterocycles. The highest BCUT2D eigenvalue weighted by molar-refractivity contribution is 6.06. The zero-order chi connectivity index (χ0) is 40.1. The molecule has 0 bridgehead atoms. The highest BCUT2D eigenvalue weighted by Crippen LogP contribution is 2.32. The van der Waals surface area contributed by atoms with Crippen LogP contribution in [0.5, 0.6) is 0 Å². The van der Waals surface area contributed by atoms with Crippen molar-refractivity contribution in [2.24, 2.45) is 0 Å². The van der Waals surface area contributed by atoms with Gasteiger partial charge in [-0.15, -0.1) is 0 Å². The molecule has 2 heterocycles. The van der Waals surface area contributed by atoms with Crippen LogP contribution in [-0.2, 0) is 38.7 Å². The molecule has 3 amide bonds. The van der Waals surface area contributed by atoms with Gasteiger partial charge in [-0.05, 0) is 107 Å². The molecule has 0 saturated heterocycles. The molecule has 1 atom stereocenters. The summed E-state index contributed by atoms with van der Waals surface area (Å²) >= 11 is 0. The highest BCUT2D eigenvalue weighted by Gasteiger charge is 2.29. The maximum absolute atomic E-state index is 14.8. The third kappa shape index (κ3) is 10.9. The molecule has 4 N–H and O–H groups in total. The molecule has 5 rings (SSSR count). The number of halogens is 2. The number of hydrogen-bond acceptors (Lipinski definition) is 10. The van der Waals surface area contributed by atoms with Gasteiger partial charge in [0, 0.05) is 30.6 Å². The fourth-order valence-electron chi connectivity index (χ4n) is 6.01. The lowest BCUT2D eigenvalue weighted by atomic mass is 9.97. The molecule has 0 aliphatic carbocycles. The Hall–Kier alpha value is -5.86. The number of nitrogen functional groups attached to an aromatic ring is 1. The predicted molar refractivity (Wildman–Crippen MR) is 200 cm³/mol. The van der Waals surface area contributed by atoms with Crippen LogP contribution in [0.25, 0.3) is 22.0 Å². The summed E-state index contributed by atoms with van der Waals surface area (Å²) in [7, 11) is 0. The SMILES string of the molecule is CC(C)(C)OC(=O)NCCCCC(NC(=O)OC(C)(C)C)C(=O)OCc1cc(F)c(F)cc1-c1ccc2nc(N)nc(C(=O)N3Cc4ccccc4C3)c2c1. The molecule has 13 nitrogen and oxygen atoms in total. The van der Waals surface area contributed by atoms with Gasteiger partial charge in [0.2, 0.25) is 5.95 Å². The van der Waals surface area contributed by atoms with Crippen LogP contribution in [0.3, 0.4) is 0 Å². The van der Waals surface area contributed by atoms with Crippen molar-refractivity contribution in [3.05, 3.63) is 88.6 Å². The van der Waals surface area contributed by atoms with Crippen molar-refractivity contribution in [1.29, 1.82) is 0 Å². The van der Waals surface area contributed by atoms with E-state index in [1.807, 2.05) is 24.3 Å². The molecular formula is C40H46F2N6O7. The summed E-state index contributed by atoms with van der Waals surface area (Å²) in [6, 6.07) is 13.2. The van der Waals surface area contributed by atoms with Crippen LogP contribution in [0.4, 0.5) is 24.3 Å². The van der Waals surface area contributed by atoms with Gasteiger partial charge in [0.1, 0.15) is 29.5 Å². The molecule has 55 heavy (non-hydrogen) atoms. The number of unbranched alkanes of at least 4 members (excludes halogenated alkanes) is 1. The Bertz CT molecular complexity index is 2070. The number of aromatic nitrogens is 2. The third-order valence-corrected chi connectivity index (χ3v) is 8.43. The molecule has 1 aliphatic heterocycles. The molecule has 15 heteroatoms. The Balaban J connectivity index is 1.35. The first-order valence-corrected chi connectivity index (χ1v) is 17.9. The summed E-state index contributed by atoms with van der Waals surface area (Å²) < 4.78 is 45.7. The van der Waals surface area contributed by atoms with Gasteiger partial charge in [0.25, 0.3) is 5.91 Å². The monoisotopic (exact) mass is 760 g/mol. The number of alkyl carbamates (subject to hydrolysis) is 2. The first kappa shape index (κ1) is 40.3. The minimum atomic E-state index is -1.17. The molecule has 0 radical (unpaired) electrons. The van der Waals surface area contributed by atoms with Crippen molar-refractivity contribution in [2.45, 2.75) is 97.7 Å². The summed E-state index contributed by atoms with van der Waals surface area (Å²) in [5, 5.41) is 5.51. The van der Waals surface area contributed by atoms with Gasteiger partial charge in [0.15, 0.2) is 11.6 Å². The second kappa shape index (κ2) is 16.7. The van der Waals surface area contributed by atoms with Crippen LogP contribution < -0.4 is 16.4 Å². The number of esters is 1. The smallest absolute Gasteiger partial charge is 0.408 e. The van der Waals surface area contributed by atoms with E-state index in [2.05, 4.69) is 20.6 Å². The van der Waals surface area contributed by atoms with E-state index in [1.54, 1.807) is 64.6 Å². The molecule has 0 saturated carbocycles. The van der Waals surface area contributed by atoms with Gasteiger partial charge in [-0.2, -0.15) is 0 Å². The Morgan fingerprint density at radius 2 is 1.49 bits per heavy atom. The molecule has 1 aliphatic rings. The van der Waals surface area contributed by atoms with E-state index in [0.29, 0.717) is 42.4 Å². The number of ether oxygens (including phenoxy) is 3. The van der Waals surface area contributed by atoms with Crippen LogP contribution in [0, 0.1) is 11.6 Å². The Morgan fingerprint density at radius 3 is 2.15 bits per heavy atom. The Kier molecular flexibility index (Phi) is 12.2. The molecular weight excluding hydrogens is 714 g/mol. The predicted octanol–water partition coefficient (Wildman–Crippen LogP) is 6.94. The Morgan fingerprint density at radius 1 is 0.855 bits per heavy atom. The molecule has 0 spiro atoms. The highest BCUT2D eigenvalue weighted by atomic mass is 19.2. The molecule has 1 unspecified atom stereocenters. The van der Waals surface area contributed by atoms with Crippen LogP contribution in [0.15, 0.2) is 54.6 Å². The maximum Gasteiger partial charge on any atom is 0.408 e. The number of fused-ring (bicyclic) bond motifs is 2. The van der Waals surface area contributed by atoms with Crippen LogP contribution in [-0.4, -0.2) is 62.7 Å². The number of nitrogens with zero attached hydrogens (tertiary/aromatic N) is 3. The first-order chi connectivity index (χ1) is 25.9. The van der Waals surface area contributed by atoms with Gasteiger partial charge in [-0.1, -0.05) is 30.3 Å². The third-order valence-electron chi connectivity index (χ3n) is 8.43. The zero-order valence-electron chi connectivity index (χ0n) is 31.8.